The van der Waals surface area contributed by atoms with Crippen molar-refractivity contribution < 1.29 is 14.3 Å². The molecule has 0 fully saturated rings. The Morgan fingerprint density at radius 2 is 2.18 bits per heavy atom. The van der Waals surface area contributed by atoms with Gasteiger partial charge in [0.2, 0.25) is 0 Å². The van der Waals surface area contributed by atoms with Crippen molar-refractivity contribution >= 4 is 21.9 Å². The van der Waals surface area contributed by atoms with E-state index in [-0.39, 0.29) is 5.82 Å². The minimum absolute atomic E-state index is 0.328. The third kappa shape index (κ3) is 4.09. The average molecular weight is 304 g/mol. The van der Waals surface area contributed by atoms with Gasteiger partial charge in [-0.3, -0.25) is 9.69 Å². The highest BCUT2D eigenvalue weighted by molar-refractivity contribution is 9.10. The number of likely N-dealkylation sites (N-methyl/N-ethyl adjacent to an activating group) is 1. The van der Waals surface area contributed by atoms with Gasteiger partial charge in [-0.1, -0.05) is 22.9 Å². The van der Waals surface area contributed by atoms with Crippen LogP contribution in [0.5, 0.6) is 0 Å². The minimum atomic E-state index is -0.856. The molecule has 5 heteroatoms. The molecule has 0 aliphatic rings. The van der Waals surface area contributed by atoms with Crippen LogP contribution in [0, 0.1) is 5.82 Å². The number of hydrogen-bond donors (Lipinski definition) is 1. The molecular formula is C12H15BrFNO2. The van der Waals surface area contributed by atoms with Gasteiger partial charge in [-0.05, 0) is 37.2 Å². The largest absolute Gasteiger partial charge is 0.480 e. The van der Waals surface area contributed by atoms with Crippen LogP contribution in [0.2, 0.25) is 0 Å². The second-order valence-corrected chi connectivity index (χ2v) is 4.87. The van der Waals surface area contributed by atoms with Crippen LogP contribution in [0.3, 0.4) is 0 Å². The molecule has 17 heavy (non-hydrogen) atoms. The van der Waals surface area contributed by atoms with Crippen molar-refractivity contribution in [3.05, 3.63) is 34.1 Å². The van der Waals surface area contributed by atoms with E-state index in [0.29, 0.717) is 17.4 Å². The number of carbonyl (C=O) groups is 1. The van der Waals surface area contributed by atoms with E-state index >= 15 is 0 Å². The molecule has 3 nitrogen and oxygen atoms in total. The Labute approximate surface area is 108 Å². The molecule has 1 aromatic rings. The van der Waals surface area contributed by atoms with Crippen LogP contribution in [-0.2, 0) is 11.3 Å². The fourth-order valence-corrected chi connectivity index (χ4v) is 2.29. The zero-order valence-electron chi connectivity index (χ0n) is 9.78. The molecule has 0 saturated carbocycles. The van der Waals surface area contributed by atoms with Crippen molar-refractivity contribution in [2.24, 2.45) is 0 Å². The van der Waals surface area contributed by atoms with Crippen LogP contribution in [-0.4, -0.2) is 29.1 Å². The molecule has 0 radical (unpaired) electrons. The van der Waals surface area contributed by atoms with Crippen LogP contribution < -0.4 is 0 Å². The Morgan fingerprint density at radius 3 is 2.65 bits per heavy atom. The molecule has 1 unspecified atom stereocenters. The molecule has 1 aromatic carbocycles. The Morgan fingerprint density at radius 1 is 1.53 bits per heavy atom. The summed E-state index contributed by atoms with van der Waals surface area (Å²) >= 11 is 3.21. The van der Waals surface area contributed by atoms with Crippen LogP contribution in [0.4, 0.5) is 4.39 Å². The van der Waals surface area contributed by atoms with Gasteiger partial charge in [0, 0.05) is 11.0 Å². The van der Waals surface area contributed by atoms with E-state index in [2.05, 4.69) is 15.9 Å². The Balaban J connectivity index is 2.79. The number of halogens is 2. The second kappa shape index (κ2) is 6.12. The summed E-state index contributed by atoms with van der Waals surface area (Å²) in [6.07, 6.45) is 0.516. The number of hydrogen-bond acceptors (Lipinski definition) is 2. The molecule has 1 N–H and O–H groups in total. The van der Waals surface area contributed by atoms with Gasteiger partial charge in [0.15, 0.2) is 0 Å². The highest BCUT2D eigenvalue weighted by Gasteiger charge is 2.20. The van der Waals surface area contributed by atoms with Crippen molar-refractivity contribution in [2.75, 3.05) is 7.05 Å². The highest BCUT2D eigenvalue weighted by atomic mass is 79.9. The summed E-state index contributed by atoms with van der Waals surface area (Å²) in [5.74, 6) is -1.18. The summed E-state index contributed by atoms with van der Waals surface area (Å²) in [5, 5.41) is 9.01. The number of carboxylic acids is 1. The van der Waals surface area contributed by atoms with Gasteiger partial charge in [-0.2, -0.15) is 0 Å². The molecule has 0 aliphatic carbocycles. The van der Waals surface area contributed by atoms with Crippen molar-refractivity contribution in [1.29, 1.82) is 0 Å². The van der Waals surface area contributed by atoms with Crippen molar-refractivity contribution in [3.8, 4) is 0 Å². The molecule has 0 aromatic heterocycles. The molecule has 1 atom stereocenters. The van der Waals surface area contributed by atoms with Gasteiger partial charge >= 0.3 is 5.97 Å². The van der Waals surface area contributed by atoms with E-state index in [0.717, 1.165) is 5.56 Å². The van der Waals surface area contributed by atoms with E-state index in [9.17, 15) is 9.18 Å². The summed E-state index contributed by atoms with van der Waals surface area (Å²) in [6.45, 7) is 2.22. The highest BCUT2D eigenvalue weighted by Crippen LogP contribution is 2.17. The summed E-state index contributed by atoms with van der Waals surface area (Å²) in [7, 11) is 1.72. The lowest BCUT2D eigenvalue weighted by molar-refractivity contribution is -0.143. The van der Waals surface area contributed by atoms with Crippen LogP contribution in [0.15, 0.2) is 22.7 Å². The molecule has 1 rings (SSSR count). The SMILES string of the molecule is CCC(C(=O)O)N(C)Cc1cc(F)cc(Br)c1. The molecule has 0 spiro atoms. The lowest BCUT2D eigenvalue weighted by Gasteiger charge is -2.23. The third-order valence-corrected chi connectivity index (χ3v) is 3.02. The van der Waals surface area contributed by atoms with Crippen molar-refractivity contribution in [3.63, 3.8) is 0 Å². The lowest BCUT2D eigenvalue weighted by Crippen LogP contribution is -2.37. The zero-order valence-corrected chi connectivity index (χ0v) is 11.4. The maximum absolute atomic E-state index is 13.2. The fraction of sp³-hybridized carbons (Fsp3) is 0.417. The monoisotopic (exact) mass is 303 g/mol. The molecule has 0 bridgehead atoms. The van der Waals surface area contributed by atoms with Crippen molar-refractivity contribution in [1.82, 2.24) is 4.90 Å². The number of rotatable bonds is 5. The normalized spacial score (nSPS) is 12.8. The van der Waals surface area contributed by atoms with E-state index in [1.54, 1.807) is 18.0 Å². The summed E-state index contributed by atoms with van der Waals surface area (Å²) in [6, 6.07) is 4.03. The first-order chi connectivity index (χ1) is 7.93. The van der Waals surface area contributed by atoms with E-state index in [1.165, 1.54) is 12.1 Å². The van der Waals surface area contributed by atoms with Gasteiger partial charge < -0.3 is 5.11 Å². The van der Waals surface area contributed by atoms with Crippen molar-refractivity contribution in [2.45, 2.75) is 25.9 Å². The molecular weight excluding hydrogens is 289 g/mol. The number of benzene rings is 1. The molecule has 0 saturated heterocycles. The minimum Gasteiger partial charge on any atom is -0.480 e. The van der Waals surface area contributed by atoms with E-state index in [1.807, 2.05) is 6.92 Å². The maximum Gasteiger partial charge on any atom is 0.320 e. The third-order valence-electron chi connectivity index (χ3n) is 2.56. The molecule has 0 heterocycles. The van der Waals surface area contributed by atoms with Crippen LogP contribution in [0.1, 0.15) is 18.9 Å². The number of carboxylic acid groups (broad SMARTS) is 1. The predicted octanol–water partition coefficient (Wildman–Crippen LogP) is 2.88. The standard InChI is InChI=1S/C12H15BrFNO2/c1-3-11(12(16)17)15(2)7-8-4-9(13)6-10(14)5-8/h4-6,11H,3,7H2,1-2H3,(H,16,17). The first kappa shape index (κ1) is 14.1. The average Bonchev–Trinajstić information content (AvgIpc) is 2.15. The Bertz CT molecular complexity index is 391. The zero-order chi connectivity index (χ0) is 13.0. The quantitative estimate of drug-likeness (QED) is 0.909. The fourth-order valence-electron chi connectivity index (χ4n) is 1.78. The molecule has 0 amide bonds. The van der Waals surface area contributed by atoms with Gasteiger partial charge in [0.25, 0.3) is 0 Å². The lowest BCUT2D eigenvalue weighted by atomic mass is 10.1. The second-order valence-electron chi connectivity index (χ2n) is 3.96. The van der Waals surface area contributed by atoms with Gasteiger partial charge in [-0.15, -0.1) is 0 Å². The van der Waals surface area contributed by atoms with E-state index < -0.39 is 12.0 Å². The van der Waals surface area contributed by atoms with E-state index in [4.69, 9.17) is 5.11 Å². The topological polar surface area (TPSA) is 40.5 Å². The first-order valence-corrected chi connectivity index (χ1v) is 6.11. The summed E-state index contributed by atoms with van der Waals surface area (Å²) < 4.78 is 13.8. The molecule has 0 aliphatic heterocycles. The van der Waals surface area contributed by atoms with Gasteiger partial charge in [0.1, 0.15) is 11.9 Å². The van der Waals surface area contributed by atoms with Crippen LogP contribution in [0.25, 0.3) is 0 Å². The van der Waals surface area contributed by atoms with Crippen LogP contribution >= 0.6 is 15.9 Å². The smallest absolute Gasteiger partial charge is 0.320 e. The predicted molar refractivity (Wildman–Crippen MR) is 67.3 cm³/mol. The summed E-state index contributed by atoms with van der Waals surface area (Å²) in [5.41, 5.74) is 0.749. The maximum atomic E-state index is 13.2. The molecule has 94 valence electrons. The van der Waals surface area contributed by atoms with Gasteiger partial charge in [-0.25, -0.2) is 4.39 Å². The van der Waals surface area contributed by atoms with Gasteiger partial charge in [0.05, 0.1) is 0 Å². The Kier molecular flexibility index (Phi) is 5.08. The summed E-state index contributed by atoms with van der Waals surface area (Å²) in [4.78, 5) is 12.7. The number of aliphatic carboxylic acids is 1. The Hall–Kier alpha value is -0.940. The number of nitrogens with zero attached hydrogens (tertiary/aromatic N) is 1. The first-order valence-electron chi connectivity index (χ1n) is 5.32.